The normalized spacial score (nSPS) is 11.1. The van der Waals surface area contributed by atoms with Crippen molar-refractivity contribution in [2.24, 2.45) is 5.10 Å². The van der Waals surface area contributed by atoms with Crippen molar-refractivity contribution in [3.8, 4) is 11.5 Å². The Morgan fingerprint density at radius 2 is 2.13 bits per heavy atom. The third-order valence-electron chi connectivity index (χ3n) is 2.95. The van der Waals surface area contributed by atoms with E-state index >= 15 is 0 Å². The van der Waals surface area contributed by atoms with E-state index in [-0.39, 0.29) is 0 Å². The van der Waals surface area contributed by atoms with E-state index in [4.69, 9.17) is 15.2 Å². The van der Waals surface area contributed by atoms with E-state index in [1.165, 1.54) is 0 Å². The molecule has 0 radical (unpaired) electrons. The van der Waals surface area contributed by atoms with Gasteiger partial charge in [0, 0.05) is 0 Å². The fourth-order valence-electron chi connectivity index (χ4n) is 1.99. The smallest absolute Gasteiger partial charge is 0.221 e. The number of anilines is 1. The van der Waals surface area contributed by atoms with Gasteiger partial charge in [-0.05, 0) is 60.6 Å². The second-order valence-electron chi connectivity index (χ2n) is 4.94. The molecule has 1 aromatic heterocycles. The minimum Gasteiger partial charge on any atom is -0.490 e. The fraction of sp³-hybridized carbons (Fsp3) is 0.375. The molecular formula is C16H21IN4O2. The number of aryl methyl sites for hydroxylation is 1. The number of imidazole rings is 1. The molecule has 0 aliphatic heterocycles. The van der Waals surface area contributed by atoms with Gasteiger partial charge in [-0.1, -0.05) is 6.92 Å². The van der Waals surface area contributed by atoms with Gasteiger partial charge in [0.2, 0.25) is 5.95 Å². The van der Waals surface area contributed by atoms with E-state index in [0.29, 0.717) is 19.2 Å². The van der Waals surface area contributed by atoms with Crippen LogP contribution in [0.25, 0.3) is 0 Å². The monoisotopic (exact) mass is 428 g/mol. The first-order chi connectivity index (χ1) is 11.0. The Hall–Kier alpha value is -1.77. The zero-order valence-corrected chi connectivity index (χ0v) is 15.7. The molecule has 0 spiro atoms. The Labute approximate surface area is 149 Å². The van der Waals surface area contributed by atoms with Gasteiger partial charge in [-0.2, -0.15) is 5.10 Å². The van der Waals surface area contributed by atoms with Gasteiger partial charge < -0.3 is 15.2 Å². The molecule has 2 N–H and O–H groups in total. The van der Waals surface area contributed by atoms with Crippen LogP contribution in [0.5, 0.6) is 11.5 Å². The van der Waals surface area contributed by atoms with Crippen LogP contribution in [-0.2, 0) is 0 Å². The number of halogens is 1. The van der Waals surface area contributed by atoms with Gasteiger partial charge >= 0.3 is 0 Å². The van der Waals surface area contributed by atoms with Crippen LogP contribution in [0.3, 0.4) is 0 Å². The van der Waals surface area contributed by atoms with Crippen molar-refractivity contribution in [2.75, 3.05) is 18.9 Å². The van der Waals surface area contributed by atoms with Crippen LogP contribution in [0, 0.1) is 10.5 Å². The van der Waals surface area contributed by atoms with Crippen LogP contribution in [0.2, 0.25) is 0 Å². The summed E-state index contributed by atoms with van der Waals surface area (Å²) < 4.78 is 14.0. The summed E-state index contributed by atoms with van der Waals surface area (Å²) >= 11 is 2.25. The third kappa shape index (κ3) is 4.60. The number of ether oxygens (including phenoxy) is 2. The van der Waals surface area contributed by atoms with E-state index in [9.17, 15) is 0 Å². The first-order valence-corrected chi connectivity index (χ1v) is 8.58. The zero-order chi connectivity index (χ0) is 16.8. The topological polar surface area (TPSA) is 74.7 Å². The van der Waals surface area contributed by atoms with Crippen LogP contribution in [-0.4, -0.2) is 29.1 Å². The number of hydrogen-bond donors (Lipinski definition) is 1. The van der Waals surface area contributed by atoms with Crippen LogP contribution in [0.15, 0.2) is 23.4 Å². The summed E-state index contributed by atoms with van der Waals surface area (Å²) in [6.07, 6.45) is 4.45. The molecule has 0 bridgehead atoms. The van der Waals surface area contributed by atoms with Gasteiger partial charge in [-0.3, -0.25) is 0 Å². The average Bonchev–Trinajstić information content (AvgIpc) is 2.82. The highest BCUT2D eigenvalue weighted by Crippen LogP contribution is 2.34. The lowest BCUT2D eigenvalue weighted by atomic mass is 10.2. The molecule has 6 nitrogen and oxygen atoms in total. The molecule has 2 aromatic rings. The maximum absolute atomic E-state index is 5.80. The standard InChI is InChI=1S/C16H21IN4O2/c1-4-6-23-15-13(17)7-12(8-14(15)22-5-2)9-19-21-10-11(3)20-16(21)18/h7-10H,4-6H2,1-3H3,(H2,18,20). The molecule has 0 amide bonds. The van der Waals surface area contributed by atoms with E-state index in [0.717, 1.165) is 32.7 Å². The Bertz CT molecular complexity index is 698. The molecule has 0 atom stereocenters. The third-order valence-corrected chi connectivity index (χ3v) is 3.75. The second-order valence-corrected chi connectivity index (χ2v) is 6.10. The highest BCUT2D eigenvalue weighted by molar-refractivity contribution is 14.1. The fourth-order valence-corrected chi connectivity index (χ4v) is 2.78. The van der Waals surface area contributed by atoms with Crippen molar-refractivity contribution >= 4 is 34.8 Å². The molecular weight excluding hydrogens is 407 g/mol. The Morgan fingerprint density at radius 3 is 2.74 bits per heavy atom. The number of nitrogen functional groups attached to an aromatic ring is 1. The van der Waals surface area contributed by atoms with Crippen LogP contribution in [0.1, 0.15) is 31.5 Å². The molecule has 1 aromatic carbocycles. The molecule has 1 heterocycles. The van der Waals surface area contributed by atoms with Crippen molar-refractivity contribution in [1.29, 1.82) is 0 Å². The van der Waals surface area contributed by atoms with E-state index < -0.39 is 0 Å². The molecule has 0 saturated carbocycles. The Balaban J connectivity index is 2.30. The molecule has 0 aliphatic rings. The zero-order valence-electron chi connectivity index (χ0n) is 13.5. The van der Waals surface area contributed by atoms with Gasteiger partial charge in [0.25, 0.3) is 0 Å². The maximum Gasteiger partial charge on any atom is 0.221 e. The van der Waals surface area contributed by atoms with Gasteiger partial charge in [-0.25, -0.2) is 9.66 Å². The minimum absolute atomic E-state index is 0.362. The van der Waals surface area contributed by atoms with Crippen LogP contribution >= 0.6 is 22.6 Å². The molecule has 2 rings (SSSR count). The first-order valence-electron chi connectivity index (χ1n) is 7.50. The second kappa shape index (κ2) is 8.19. The predicted molar refractivity (Wildman–Crippen MR) is 100 cm³/mol. The van der Waals surface area contributed by atoms with Crippen LogP contribution < -0.4 is 15.2 Å². The summed E-state index contributed by atoms with van der Waals surface area (Å²) in [5.41, 5.74) is 7.52. The quantitative estimate of drug-likeness (QED) is 0.542. The van der Waals surface area contributed by atoms with E-state index in [2.05, 4.69) is 39.6 Å². The highest BCUT2D eigenvalue weighted by Gasteiger charge is 2.11. The summed E-state index contributed by atoms with van der Waals surface area (Å²) in [6, 6.07) is 3.91. The summed E-state index contributed by atoms with van der Waals surface area (Å²) in [5, 5.41) is 4.34. The largest absolute Gasteiger partial charge is 0.490 e. The van der Waals surface area contributed by atoms with Crippen LogP contribution in [0.4, 0.5) is 5.95 Å². The summed E-state index contributed by atoms with van der Waals surface area (Å²) in [4.78, 5) is 4.12. The molecule has 0 unspecified atom stereocenters. The number of hydrogen-bond acceptors (Lipinski definition) is 5. The number of rotatable bonds is 7. The number of aromatic nitrogens is 2. The molecule has 124 valence electrons. The van der Waals surface area contributed by atoms with Crippen molar-refractivity contribution < 1.29 is 9.47 Å². The van der Waals surface area contributed by atoms with Crippen molar-refractivity contribution in [3.05, 3.63) is 33.2 Å². The van der Waals surface area contributed by atoms with Gasteiger partial charge in [0.1, 0.15) is 0 Å². The average molecular weight is 428 g/mol. The minimum atomic E-state index is 0.362. The predicted octanol–water partition coefficient (Wildman–Crippen LogP) is 3.45. The first kappa shape index (κ1) is 17.6. The lowest BCUT2D eigenvalue weighted by Crippen LogP contribution is -2.03. The molecule has 0 aliphatic carbocycles. The summed E-state index contributed by atoms with van der Waals surface area (Å²) in [7, 11) is 0. The van der Waals surface area contributed by atoms with E-state index in [1.807, 2.05) is 26.0 Å². The highest BCUT2D eigenvalue weighted by atomic mass is 127. The van der Waals surface area contributed by atoms with Gasteiger partial charge in [-0.15, -0.1) is 0 Å². The lowest BCUT2D eigenvalue weighted by Gasteiger charge is -2.14. The number of nitrogens with two attached hydrogens (primary N) is 1. The summed E-state index contributed by atoms with van der Waals surface area (Å²) in [5.74, 6) is 1.87. The van der Waals surface area contributed by atoms with Crippen molar-refractivity contribution in [2.45, 2.75) is 27.2 Å². The SMILES string of the molecule is CCCOc1c(I)cc(C=Nn2cc(C)nc2N)cc1OCC. The Kier molecular flexibility index (Phi) is 6.26. The Morgan fingerprint density at radius 1 is 1.35 bits per heavy atom. The molecule has 0 saturated heterocycles. The molecule has 7 heteroatoms. The number of nitrogens with zero attached hydrogens (tertiary/aromatic N) is 3. The molecule has 0 fully saturated rings. The number of benzene rings is 1. The lowest BCUT2D eigenvalue weighted by molar-refractivity contribution is 0.275. The van der Waals surface area contributed by atoms with Gasteiger partial charge in [0.05, 0.1) is 34.9 Å². The van der Waals surface area contributed by atoms with E-state index in [1.54, 1.807) is 17.1 Å². The maximum atomic E-state index is 5.80. The van der Waals surface area contributed by atoms with Crippen molar-refractivity contribution in [3.63, 3.8) is 0 Å². The summed E-state index contributed by atoms with van der Waals surface area (Å²) in [6.45, 7) is 7.14. The van der Waals surface area contributed by atoms with Crippen molar-refractivity contribution in [1.82, 2.24) is 9.66 Å². The van der Waals surface area contributed by atoms with Gasteiger partial charge in [0.15, 0.2) is 11.5 Å². The molecule has 23 heavy (non-hydrogen) atoms.